The molecule has 10 heteroatoms. The van der Waals surface area contributed by atoms with Gasteiger partial charge in [-0.2, -0.15) is 5.10 Å². The van der Waals surface area contributed by atoms with Crippen molar-refractivity contribution in [3.05, 3.63) is 71.1 Å². The van der Waals surface area contributed by atoms with Gasteiger partial charge in [0.25, 0.3) is 13.9 Å². The first-order valence-corrected chi connectivity index (χ1v) is 11.8. The number of likely N-dealkylation sites (tertiary alicyclic amines) is 1. The SMILES string of the molecule is [B]n1nc2c(c1C)C(C1=CCC(C)(N3CCC(F)(F)C3)C=C1F)N(C1=CC3=NCCN3C=C1)C2=C. The molecule has 1 saturated heterocycles. The maximum Gasteiger partial charge on any atom is 0.264 e. The molecular weight excluding hydrogens is 452 g/mol. The first kappa shape index (κ1) is 22.5. The van der Waals surface area contributed by atoms with Crippen LogP contribution >= 0.6 is 0 Å². The van der Waals surface area contributed by atoms with Crippen LogP contribution < -0.4 is 0 Å². The van der Waals surface area contributed by atoms with E-state index in [2.05, 4.69) is 21.6 Å². The number of halogens is 3. The summed E-state index contributed by atoms with van der Waals surface area (Å²) in [6.45, 7) is 9.38. The maximum atomic E-state index is 16.0. The highest BCUT2D eigenvalue weighted by atomic mass is 19.3. The van der Waals surface area contributed by atoms with Gasteiger partial charge in [-0.3, -0.25) is 9.89 Å². The number of allylic oxidation sites excluding steroid dienone is 1. The van der Waals surface area contributed by atoms with Crippen LogP contribution in [0, 0.1) is 6.92 Å². The van der Waals surface area contributed by atoms with E-state index in [-0.39, 0.29) is 19.5 Å². The molecule has 0 saturated carbocycles. The van der Waals surface area contributed by atoms with Gasteiger partial charge in [-0.05, 0) is 32.4 Å². The Kier molecular flexibility index (Phi) is 4.81. The summed E-state index contributed by atoms with van der Waals surface area (Å²) in [4.78, 5) is 10.3. The largest absolute Gasteiger partial charge is 0.331 e. The molecule has 0 spiro atoms. The standard InChI is InChI=1S/C25H26BF3N6/c1-15-21-22(31-35(15)26)16(2)34(17-5-9-32-11-8-30-20(32)12-17)23(21)18-4-6-24(3,13-19(18)27)33-10-7-25(28,29)14-33/h4-5,9,12-13,23H,2,6-8,10-11,14H2,1,3H3. The highest BCUT2D eigenvalue weighted by Crippen LogP contribution is 2.52. The molecule has 5 aliphatic rings. The van der Waals surface area contributed by atoms with Crippen molar-refractivity contribution in [2.45, 2.75) is 44.2 Å². The number of alkyl halides is 2. The minimum Gasteiger partial charge on any atom is -0.331 e. The number of hydrogen-bond donors (Lipinski definition) is 0. The Hall–Kier alpha value is -3.01. The van der Waals surface area contributed by atoms with E-state index in [0.717, 1.165) is 35.9 Å². The summed E-state index contributed by atoms with van der Waals surface area (Å²) in [5.41, 5.74) is 3.26. The predicted octanol–water partition coefficient (Wildman–Crippen LogP) is 3.86. The molecule has 5 heterocycles. The lowest BCUT2D eigenvalue weighted by Crippen LogP contribution is -2.45. The van der Waals surface area contributed by atoms with Crippen LogP contribution in [-0.2, 0) is 0 Å². The summed E-state index contributed by atoms with van der Waals surface area (Å²) in [6.07, 6.45) is 9.48. The summed E-state index contributed by atoms with van der Waals surface area (Å²) in [5, 5.41) is 4.46. The zero-order chi connectivity index (χ0) is 24.7. The third-order valence-electron chi connectivity index (χ3n) is 7.82. The molecule has 6 nitrogen and oxygen atoms in total. The Morgan fingerprint density at radius 1 is 1.26 bits per heavy atom. The zero-order valence-corrected chi connectivity index (χ0v) is 19.8. The zero-order valence-electron chi connectivity index (χ0n) is 19.8. The third kappa shape index (κ3) is 3.37. The quantitative estimate of drug-likeness (QED) is 0.619. The molecule has 0 N–H and O–H groups in total. The Labute approximate surface area is 203 Å². The van der Waals surface area contributed by atoms with E-state index in [4.69, 9.17) is 7.98 Å². The monoisotopic (exact) mass is 478 g/mol. The molecule has 2 unspecified atom stereocenters. The van der Waals surface area contributed by atoms with Crippen LogP contribution in [0.5, 0.6) is 0 Å². The summed E-state index contributed by atoms with van der Waals surface area (Å²) in [7, 11) is 6.07. The predicted molar refractivity (Wildman–Crippen MR) is 129 cm³/mol. The van der Waals surface area contributed by atoms with Gasteiger partial charge >= 0.3 is 0 Å². The Morgan fingerprint density at radius 3 is 2.77 bits per heavy atom. The van der Waals surface area contributed by atoms with Gasteiger partial charge in [-0.1, -0.05) is 12.7 Å². The number of aliphatic imine (C=N–C) groups is 1. The molecule has 4 aliphatic heterocycles. The Balaban J connectivity index is 1.40. The van der Waals surface area contributed by atoms with Gasteiger partial charge in [-0.15, -0.1) is 0 Å². The van der Waals surface area contributed by atoms with Crippen molar-refractivity contribution in [2.75, 3.05) is 26.2 Å². The van der Waals surface area contributed by atoms with Crippen molar-refractivity contribution in [3.8, 4) is 0 Å². The van der Waals surface area contributed by atoms with Crippen molar-refractivity contribution in [3.63, 3.8) is 0 Å². The van der Waals surface area contributed by atoms with Gasteiger partial charge in [-0.25, -0.2) is 13.2 Å². The molecule has 2 radical (unpaired) electrons. The molecular formula is C25H26BF3N6. The van der Waals surface area contributed by atoms with E-state index in [1.807, 2.05) is 43.2 Å². The maximum absolute atomic E-state index is 16.0. The van der Waals surface area contributed by atoms with E-state index < -0.39 is 23.3 Å². The lowest BCUT2D eigenvalue weighted by molar-refractivity contribution is 0.00270. The topological polar surface area (TPSA) is 39.9 Å². The average molecular weight is 478 g/mol. The second-order valence-corrected chi connectivity index (χ2v) is 10.1. The average Bonchev–Trinajstić information content (AvgIpc) is 3.54. The smallest absolute Gasteiger partial charge is 0.264 e. The molecule has 1 aromatic heterocycles. The van der Waals surface area contributed by atoms with Gasteiger partial charge in [0.1, 0.15) is 17.4 Å². The Morgan fingerprint density at radius 2 is 2.06 bits per heavy atom. The third-order valence-corrected chi connectivity index (χ3v) is 7.82. The number of nitrogens with zero attached hydrogens (tertiary/aromatic N) is 6. The van der Waals surface area contributed by atoms with Crippen molar-refractivity contribution in [1.82, 2.24) is 24.4 Å². The molecule has 1 aromatic rings. The summed E-state index contributed by atoms with van der Waals surface area (Å²) in [5.74, 6) is -2.31. The van der Waals surface area contributed by atoms with Gasteiger partial charge in [0.05, 0.1) is 24.8 Å². The van der Waals surface area contributed by atoms with E-state index in [9.17, 15) is 8.78 Å². The van der Waals surface area contributed by atoms with Crippen LogP contribution in [0.4, 0.5) is 13.2 Å². The van der Waals surface area contributed by atoms with Crippen LogP contribution in [-0.4, -0.2) is 75.8 Å². The second-order valence-electron chi connectivity index (χ2n) is 10.1. The molecule has 1 aliphatic carbocycles. The van der Waals surface area contributed by atoms with Gasteiger partial charge < -0.3 is 14.4 Å². The fourth-order valence-corrected chi connectivity index (χ4v) is 5.79. The number of aromatic nitrogens is 2. The molecule has 35 heavy (non-hydrogen) atoms. The first-order valence-electron chi connectivity index (χ1n) is 11.8. The molecule has 1 fully saturated rings. The lowest BCUT2D eigenvalue weighted by atomic mass is 9.84. The summed E-state index contributed by atoms with van der Waals surface area (Å²) in [6, 6.07) is -0.528. The summed E-state index contributed by atoms with van der Waals surface area (Å²) < 4.78 is 45.1. The van der Waals surface area contributed by atoms with Crippen LogP contribution in [0.1, 0.15) is 42.8 Å². The van der Waals surface area contributed by atoms with Crippen LogP contribution in [0.25, 0.3) is 5.70 Å². The Bertz CT molecular complexity index is 1290. The fourth-order valence-electron chi connectivity index (χ4n) is 5.79. The minimum atomic E-state index is -2.74. The highest BCUT2D eigenvalue weighted by Gasteiger charge is 2.48. The molecule has 6 rings (SSSR count). The van der Waals surface area contributed by atoms with E-state index in [0.29, 0.717) is 23.4 Å². The van der Waals surface area contributed by atoms with Crippen LogP contribution in [0.15, 0.2) is 59.2 Å². The molecule has 0 aromatic carbocycles. The lowest BCUT2D eigenvalue weighted by Gasteiger charge is -2.40. The minimum absolute atomic E-state index is 0.204. The molecule has 0 bridgehead atoms. The van der Waals surface area contributed by atoms with Crippen LogP contribution in [0.3, 0.4) is 0 Å². The second kappa shape index (κ2) is 7.50. The van der Waals surface area contributed by atoms with Crippen LogP contribution in [0.2, 0.25) is 0 Å². The molecule has 2 atom stereocenters. The number of rotatable bonds is 3. The number of hydrogen-bond acceptors (Lipinski definition) is 5. The van der Waals surface area contributed by atoms with Crippen molar-refractivity contribution in [2.24, 2.45) is 4.99 Å². The van der Waals surface area contributed by atoms with Crippen molar-refractivity contribution < 1.29 is 13.2 Å². The number of amidine groups is 1. The highest BCUT2D eigenvalue weighted by molar-refractivity contribution is 6.06. The summed E-state index contributed by atoms with van der Waals surface area (Å²) >= 11 is 0. The van der Waals surface area contributed by atoms with E-state index >= 15 is 4.39 Å². The van der Waals surface area contributed by atoms with E-state index in [1.54, 1.807) is 4.90 Å². The normalized spacial score (nSPS) is 29.7. The van der Waals surface area contributed by atoms with Gasteiger partial charge in [0.15, 0.2) is 0 Å². The van der Waals surface area contributed by atoms with Gasteiger partial charge in [0, 0.05) is 59.9 Å². The fraction of sp³-hybridized carbons (Fsp3) is 0.440. The number of fused-ring (bicyclic) bond motifs is 2. The molecule has 180 valence electrons. The van der Waals surface area contributed by atoms with Crippen molar-refractivity contribution >= 4 is 19.5 Å². The molecule has 0 amide bonds. The van der Waals surface area contributed by atoms with Gasteiger partial charge in [0.2, 0.25) is 0 Å². The van der Waals surface area contributed by atoms with Crippen molar-refractivity contribution in [1.29, 1.82) is 0 Å². The van der Waals surface area contributed by atoms with E-state index in [1.165, 1.54) is 10.7 Å². The first-order chi connectivity index (χ1) is 16.6.